The number of ether oxygens (including phenoxy) is 1. The van der Waals surface area contributed by atoms with Crippen molar-refractivity contribution in [2.75, 3.05) is 0 Å². The summed E-state index contributed by atoms with van der Waals surface area (Å²) in [5.41, 5.74) is 0.936. The van der Waals surface area contributed by atoms with Gasteiger partial charge in [0.05, 0.1) is 11.2 Å². The number of thiazole rings is 1. The molecule has 136 valence electrons. The summed E-state index contributed by atoms with van der Waals surface area (Å²) in [6.07, 6.45) is 0. The average molecular weight is 393 g/mol. The molecule has 0 saturated heterocycles. The number of aromatic nitrogens is 3. The molecule has 0 saturated carbocycles. The third-order valence-electron chi connectivity index (χ3n) is 3.63. The molecule has 4 rings (SSSR count). The quantitative estimate of drug-likeness (QED) is 0.387. The van der Waals surface area contributed by atoms with Crippen molar-refractivity contribution in [1.29, 1.82) is 0 Å². The van der Waals surface area contributed by atoms with Crippen molar-refractivity contribution < 1.29 is 22.3 Å². The predicted octanol–water partition coefficient (Wildman–Crippen LogP) is 4.19. The molecule has 0 amide bonds. The molecule has 0 spiro atoms. The molecule has 0 aliphatic rings. The Hall–Kier alpha value is -3.27. The molecule has 0 aliphatic carbocycles. The van der Waals surface area contributed by atoms with Gasteiger partial charge in [0, 0.05) is 0 Å². The van der Waals surface area contributed by atoms with Gasteiger partial charge in [-0.05, 0) is 36.4 Å². The molecule has 2 aromatic heterocycles. The van der Waals surface area contributed by atoms with Gasteiger partial charge < -0.3 is 4.74 Å². The van der Waals surface area contributed by atoms with Crippen LogP contribution in [-0.4, -0.2) is 14.5 Å². The first-order valence-electron chi connectivity index (χ1n) is 7.39. The highest BCUT2D eigenvalue weighted by atomic mass is 32.1. The van der Waals surface area contributed by atoms with Crippen molar-refractivity contribution >= 4 is 21.7 Å². The van der Waals surface area contributed by atoms with Gasteiger partial charge in [-0.2, -0.15) is 9.37 Å². The zero-order valence-corrected chi connectivity index (χ0v) is 13.9. The molecule has 2 aromatic carbocycles. The first-order chi connectivity index (χ1) is 13.0. The third-order valence-corrected chi connectivity index (χ3v) is 4.35. The van der Waals surface area contributed by atoms with Crippen LogP contribution in [0.25, 0.3) is 16.0 Å². The first-order valence-corrected chi connectivity index (χ1v) is 8.27. The van der Waals surface area contributed by atoms with E-state index in [1.165, 1.54) is 17.6 Å². The maximum absolute atomic E-state index is 14.0. The summed E-state index contributed by atoms with van der Waals surface area (Å²) in [5.74, 6) is -5.88. The molecule has 5 nitrogen and oxygen atoms in total. The van der Waals surface area contributed by atoms with Crippen molar-refractivity contribution in [3.05, 3.63) is 75.5 Å². The fourth-order valence-corrected chi connectivity index (χ4v) is 3.01. The van der Waals surface area contributed by atoms with Gasteiger partial charge in [-0.15, -0.1) is 11.3 Å². The summed E-state index contributed by atoms with van der Waals surface area (Å²) in [6.45, 7) is 0. The zero-order chi connectivity index (χ0) is 19.1. The third kappa shape index (κ3) is 2.93. The van der Waals surface area contributed by atoms with Gasteiger partial charge in [-0.1, -0.05) is 0 Å². The Morgan fingerprint density at radius 1 is 0.963 bits per heavy atom. The highest BCUT2D eigenvalue weighted by molar-refractivity contribution is 7.16. The van der Waals surface area contributed by atoms with Crippen LogP contribution in [0.3, 0.4) is 0 Å². The maximum atomic E-state index is 14.0. The lowest BCUT2D eigenvalue weighted by Gasteiger charge is -2.13. The Bertz CT molecular complexity index is 1220. The van der Waals surface area contributed by atoms with Crippen molar-refractivity contribution in [3.8, 4) is 17.4 Å². The van der Waals surface area contributed by atoms with Crippen molar-refractivity contribution in [3.63, 3.8) is 0 Å². The van der Waals surface area contributed by atoms with Gasteiger partial charge in [0.2, 0.25) is 5.82 Å². The summed E-state index contributed by atoms with van der Waals surface area (Å²) >= 11 is 1.04. The number of halogens is 4. The highest BCUT2D eigenvalue weighted by Gasteiger charge is 2.20. The minimum atomic E-state index is -1.72. The lowest BCUT2D eigenvalue weighted by atomic mass is 10.3. The van der Waals surface area contributed by atoms with Crippen LogP contribution >= 0.6 is 11.3 Å². The van der Waals surface area contributed by atoms with E-state index in [9.17, 15) is 22.4 Å². The molecule has 0 N–H and O–H groups in total. The van der Waals surface area contributed by atoms with Gasteiger partial charge >= 0.3 is 6.01 Å². The standard InChI is InChI=1S/C17H7F4N3O2S/c18-8-1-3-9(4-2-8)24-16(25)14-15(27-7-22-14)23-17(24)26-11-6-5-10(19)12(20)13(11)21/h1-7H. The summed E-state index contributed by atoms with van der Waals surface area (Å²) in [5, 5.41) is 0. The Balaban J connectivity index is 1.94. The number of nitrogens with zero attached hydrogens (tertiary/aromatic N) is 3. The number of hydrogen-bond acceptors (Lipinski definition) is 5. The highest BCUT2D eigenvalue weighted by Crippen LogP contribution is 2.28. The van der Waals surface area contributed by atoms with E-state index in [-0.39, 0.29) is 16.0 Å². The lowest BCUT2D eigenvalue weighted by molar-refractivity contribution is 0.371. The predicted molar refractivity (Wildman–Crippen MR) is 89.4 cm³/mol. The van der Waals surface area contributed by atoms with Crippen molar-refractivity contribution in [2.45, 2.75) is 0 Å². The Morgan fingerprint density at radius 3 is 2.44 bits per heavy atom. The van der Waals surface area contributed by atoms with Gasteiger partial charge in [0.1, 0.15) is 5.82 Å². The number of hydrogen-bond donors (Lipinski definition) is 0. The minimum absolute atomic E-state index is 0.0300. The van der Waals surface area contributed by atoms with E-state index in [1.54, 1.807) is 0 Å². The van der Waals surface area contributed by atoms with E-state index in [4.69, 9.17) is 4.74 Å². The molecule has 27 heavy (non-hydrogen) atoms. The average Bonchev–Trinajstić information content (AvgIpc) is 3.12. The van der Waals surface area contributed by atoms with E-state index in [0.717, 1.165) is 34.1 Å². The van der Waals surface area contributed by atoms with Gasteiger partial charge in [-0.3, -0.25) is 4.79 Å². The molecule has 0 atom stereocenters. The van der Waals surface area contributed by atoms with E-state index in [1.807, 2.05) is 0 Å². The van der Waals surface area contributed by atoms with E-state index in [2.05, 4.69) is 9.97 Å². The smallest absolute Gasteiger partial charge is 0.311 e. The molecule has 10 heteroatoms. The zero-order valence-electron chi connectivity index (χ0n) is 13.1. The Kier molecular flexibility index (Phi) is 4.11. The molecular weight excluding hydrogens is 386 g/mol. The van der Waals surface area contributed by atoms with Crippen LogP contribution in [0.1, 0.15) is 0 Å². The molecule has 2 heterocycles. The van der Waals surface area contributed by atoms with E-state index < -0.39 is 40.6 Å². The van der Waals surface area contributed by atoms with Gasteiger partial charge in [0.25, 0.3) is 5.56 Å². The second-order valence-corrected chi connectivity index (χ2v) is 6.13. The van der Waals surface area contributed by atoms with Crippen LogP contribution in [0.2, 0.25) is 0 Å². The summed E-state index contributed by atoms with van der Waals surface area (Å²) in [7, 11) is 0. The molecule has 0 unspecified atom stereocenters. The van der Waals surface area contributed by atoms with Crippen LogP contribution in [0.5, 0.6) is 11.8 Å². The molecule has 0 radical (unpaired) electrons. The maximum Gasteiger partial charge on any atom is 0.311 e. The molecule has 0 aliphatic heterocycles. The number of rotatable bonds is 3. The van der Waals surface area contributed by atoms with Gasteiger partial charge in [-0.25, -0.2) is 22.7 Å². The second kappa shape index (κ2) is 6.47. The van der Waals surface area contributed by atoms with Crippen molar-refractivity contribution in [1.82, 2.24) is 14.5 Å². The van der Waals surface area contributed by atoms with Crippen LogP contribution in [0.15, 0.2) is 46.7 Å². The fourth-order valence-electron chi connectivity index (χ4n) is 2.37. The summed E-state index contributed by atoms with van der Waals surface area (Å²) in [4.78, 5) is 21.0. The molecule has 0 fully saturated rings. The van der Waals surface area contributed by atoms with E-state index >= 15 is 0 Å². The SMILES string of the molecule is O=c1c2ncsc2nc(Oc2ccc(F)c(F)c2F)n1-c1ccc(F)cc1. The van der Waals surface area contributed by atoms with Crippen LogP contribution in [-0.2, 0) is 0 Å². The molecular formula is C17H7F4N3O2S. The Labute approximate surface area is 152 Å². The fraction of sp³-hybridized carbons (Fsp3) is 0. The topological polar surface area (TPSA) is 57.0 Å². The monoisotopic (exact) mass is 393 g/mol. The minimum Gasteiger partial charge on any atom is -0.422 e. The Morgan fingerprint density at radius 2 is 1.70 bits per heavy atom. The summed E-state index contributed by atoms with van der Waals surface area (Å²) < 4.78 is 60.0. The van der Waals surface area contributed by atoms with Crippen molar-refractivity contribution in [2.24, 2.45) is 0 Å². The lowest BCUT2D eigenvalue weighted by Crippen LogP contribution is -2.21. The van der Waals surface area contributed by atoms with E-state index in [0.29, 0.717) is 6.07 Å². The molecule has 0 bridgehead atoms. The molecule has 4 aromatic rings. The first kappa shape index (κ1) is 17.2. The van der Waals surface area contributed by atoms with Crippen LogP contribution in [0, 0.1) is 23.3 Å². The number of fused-ring (bicyclic) bond motifs is 1. The second-order valence-electron chi connectivity index (χ2n) is 5.29. The van der Waals surface area contributed by atoms with Gasteiger partial charge in [0.15, 0.2) is 27.7 Å². The normalized spacial score (nSPS) is 11.1. The largest absolute Gasteiger partial charge is 0.422 e. The number of benzene rings is 2. The van der Waals surface area contributed by atoms with Crippen LogP contribution in [0.4, 0.5) is 17.6 Å². The van der Waals surface area contributed by atoms with Crippen LogP contribution < -0.4 is 10.3 Å². The summed E-state index contributed by atoms with van der Waals surface area (Å²) in [6, 6.07) is 5.92.